The van der Waals surface area contributed by atoms with Gasteiger partial charge >= 0.3 is 5.63 Å². The number of carbonyl (C=O) groups excluding carboxylic acids is 2. The van der Waals surface area contributed by atoms with Crippen molar-refractivity contribution in [2.45, 2.75) is 33.2 Å². The molecule has 172 valence electrons. The zero-order valence-corrected chi connectivity index (χ0v) is 19.3. The van der Waals surface area contributed by atoms with Gasteiger partial charge in [-0.1, -0.05) is 6.08 Å². The second-order valence-electron chi connectivity index (χ2n) is 9.01. The van der Waals surface area contributed by atoms with Crippen LogP contribution in [0.2, 0.25) is 0 Å². The lowest BCUT2D eigenvalue weighted by Gasteiger charge is -2.38. The first kappa shape index (κ1) is 21.7. The third-order valence-corrected chi connectivity index (χ3v) is 6.17. The molecule has 0 saturated carbocycles. The summed E-state index contributed by atoms with van der Waals surface area (Å²) in [5, 5.41) is 10.1. The topological polar surface area (TPSA) is 97.0 Å². The number of benzene rings is 2. The van der Waals surface area contributed by atoms with Crippen molar-refractivity contribution in [2.75, 3.05) is 11.5 Å². The molecule has 1 N–H and O–H groups in total. The molecular formula is C27H23NO6. The summed E-state index contributed by atoms with van der Waals surface area (Å²) >= 11 is 0. The highest BCUT2D eigenvalue weighted by Gasteiger charge is 2.45. The lowest BCUT2D eigenvalue weighted by molar-refractivity contribution is -0.113. The molecule has 5 rings (SSSR count). The van der Waals surface area contributed by atoms with Gasteiger partial charge in [-0.2, -0.15) is 0 Å². The number of nitrogens with zero attached hydrogens (tertiary/aromatic N) is 1. The van der Waals surface area contributed by atoms with E-state index in [4.69, 9.17) is 9.15 Å². The standard InChI is InChI=1S/C27H23NO6/c1-5-33-17-10-18-14(2)13-27(3,4)28-24(18)19(11-17)20(25(28)31)12-22(30)21-8-15-6-7-16(29)9-23(15)34-26(21)32/h6-13,29H,5H2,1-4H3/b20-12+. The number of phenols is 1. The van der Waals surface area contributed by atoms with Gasteiger partial charge < -0.3 is 14.3 Å². The Bertz CT molecular complexity index is 1520. The Labute approximate surface area is 195 Å². The lowest BCUT2D eigenvalue weighted by atomic mass is 9.89. The van der Waals surface area contributed by atoms with Gasteiger partial charge in [0.25, 0.3) is 5.91 Å². The molecule has 7 nitrogen and oxygen atoms in total. The molecule has 2 aliphatic rings. The van der Waals surface area contributed by atoms with Crippen LogP contribution in [0.1, 0.15) is 49.2 Å². The molecule has 1 aromatic heterocycles. The summed E-state index contributed by atoms with van der Waals surface area (Å²) in [5.74, 6) is -0.406. The zero-order chi connectivity index (χ0) is 24.4. The predicted octanol–water partition coefficient (Wildman–Crippen LogP) is 4.71. The van der Waals surface area contributed by atoms with E-state index < -0.39 is 16.9 Å². The predicted molar refractivity (Wildman–Crippen MR) is 129 cm³/mol. The largest absolute Gasteiger partial charge is 0.508 e. The lowest BCUT2D eigenvalue weighted by Crippen LogP contribution is -2.46. The number of rotatable bonds is 4. The molecule has 2 aliphatic heterocycles. The van der Waals surface area contributed by atoms with Gasteiger partial charge in [-0.25, -0.2) is 4.79 Å². The molecule has 0 bridgehead atoms. The second kappa shape index (κ2) is 7.45. The highest BCUT2D eigenvalue weighted by atomic mass is 16.5. The van der Waals surface area contributed by atoms with Crippen LogP contribution in [-0.4, -0.2) is 28.9 Å². The highest BCUT2D eigenvalue weighted by Crippen LogP contribution is 2.50. The molecule has 0 unspecified atom stereocenters. The van der Waals surface area contributed by atoms with Crippen LogP contribution < -0.4 is 15.3 Å². The van der Waals surface area contributed by atoms with Crippen LogP contribution >= 0.6 is 0 Å². The minimum absolute atomic E-state index is 0.0527. The van der Waals surface area contributed by atoms with E-state index in [1.165, 1.54) is 24.3 Å². The minimum Gasteiger partial charge on any atom is -0.508 e. The number of hydrogen-bond acceptors (Lipinski definition) is 6. The number of hydrogen-bond donors (Lipinski definition) is 1. The number of fused-ring (bicyclic) bond motifs is 1. The fraction of sp³-hybridized carbons (Fsp3) is 0.222. The van der Waals surface area contributed by atoms with E-state index in [1.807, 2.05) is 39.8 Å². The second-order valence-corrected chi connectivity index (χ2v) is 9.01. The van der Waals surface area contributed by atoms with Gasteiger partial charge in [0.2, 0.25) is 0 Å². The van der Waals surface area contributed by atoms with Gasteiger partial charge in [-0.05, 0) is 69.7 Å². The number of phenolic OH excluding ortho intramolecular Hbond substituents is 1. The first-order valence-electron chi connectivity index (χ1n) is 11.0. The maximum atomic E-state index is 13.6. The SMILES string of the molecule is CCOc1cc2c3c(c1)/C(=C\C(=O)c1cc4ccc(O)cc4oc1=O)C(=O)N3C(C)(C)C=C2C. The van der Waals surface area contributed by atoms with Gasteiger partial charge in [-0.3, -0.25) is 14.5 Å². The Morgan fingerprint density at radius 3 is 2.62 bits per heavy atom. The number of amides is 1. The van der Waals surface area contributed by atoms with E-state index in [2.05, 4.69) is 0 Å². The molecule has 0 saturated heterocycles. The summed E-state index contributed by atoms with van der Waals surface area (Å²) in [6.45, 7) is 8.20. The van der Waals surface area contributed by atoms with Crippen LogP contribution in [0, 0.1) is 0 Å². The maximum Gasteiger partial charge on any atom is 0.347 e. The summed E-state index contributed by atoms with van der Waals surface area (Å²) < 4.78 is 11.0. The van der Waals surface area contributed by atoms with Crippen molar-refractivity contribution < 1.29 is 23.8 Å². The number of aromatic hydroxyl groups is 1. The third kappa shape index (κ3) is 3.23. The first-order valence-corrected chi connectivity index (χ1v) is 11.0. The quantitative estimate of drug-likeness (QED) is 0.346. The summed E-state index contributed by atoms with van der Waals surface area (Å²) in [6, 6.07) is 9.37. The third-order valence-electron chi connectivity index (χ3n) is 6.17. The minimum atomic E-state index is -0.839. The van der Waals surface area contributed by atoms with Crippen LogP contribution in [0.5, 0.6) is 11.5 Å². The van der Waals surface area contributed by atoms with E-state index >= 15 is 0 Å². The number of ether oxygens (including phenoxy) is 1. The average molecular weight is 457 g/mol. The molecule has 0 atom stereocenters. The fourth-order valence-electron chi connectivity index (χ4n) is 4.78. The van der Waals surface area contributed by atoms with E-state index in [0.29, 0.717) is 23.3 Å². The number of ketones is 1. The highest BCUT2D eigenvalue weighted by molar-refractivity contribution is 6.37. The molecule has 3 heterocycles. The van der Waals surface area contributed by atoms with Crippen molar-refractivity contribution in [1.82, 2.24) is 0 Å². The van der Waals surface area contributed by atoms with Crippen LogP contribution in [0.4, 0.5) is 5.69 Å². The molecule has 0 fully saturated rings. The molecule has 0 aliphatic carbocycles. The Balaban J connectivity index is 1.68. The molecule has 34 heavy (non-hydrogen) atoms. The van der Waals surface area contributed by atoms with Crippen LogP contribution in [0.25, 0.3) is 22.1 Å². The van der Waals surface area contributed by atoms with Gasteiger partial charge in [0.05, 0.1) is 23.4 Å². The molecule has 1 amide bonds. The van der Waals surface area contributed by atoms with Crippen LogP contribution in [-0.2, 0) is 4.79 Å². The monoisotopic (exact) mass is 457 g/mol. The van der Waals surface area contributed by atoms with E-state index in [0.717, 1.165) is 16.8 Å². The summed E-state index contributed by atoms with van der Waals surface area (Å²) in [7, 11) is 0. The Morgan fingerprint density at radius 2 is 1.88 bits per heavy atom. The first-order chi connectivity index (χ1) is 16.1. The van der Waals surface area contributed by atoms with Crippen molar-refractivity contribution in [3.63, 3.8) is 0 Å². The van der Waals surface area contributed by atoms with Crippen molar-refractivity contribution in [1.29, 1.82) is 0 Å². The average Bonchev–Trinajstić information content (AvgIpc) is 3.04. The number of carbonyl (C=O) groups is 2. The molecule has 0 spiro atoms. The summed E-state index contributed by atoms with van der Waals surface area (Å²) in [6.07, 6.45) is 3.22. The van der Waals surface area contributed by atoms with Gasteiger partial charge in [0.15, 0.2) is 5.78 Å². The van der Waals surface area contributed by atoms with Crippen LogP contribution in [0.3, 0.4) is 0 Å². The Kier molecular flexibility index (Phi) is 4.75. The Morgan fingerprint density at radius 1 is 1.15 bits per heavy atom. The summed E-state index contributed by atoms with van der Waals surface area (Å²) in [4.78, 5) is 41.0. The molecule has 3 aromatic rings. The molecular weight excluding hydrogens is 434 g/mol. The van der Waals surface area contributed by atoms with E-state index in [9.17, 15) is 19.5 Å². The number of anilines is 1. The van der Waals surface area contributed by atoms with Crippen molar-refractivity contribution in [2.24, 2.45) is 0 Å². The van der Waals surface area contributed by atoms with Crippen molar-refractivity contribution in [3.05, 3.63) is 75.7 Å². The maximum absolute atomic E-state index is 13.6. The van der Waals surface area contributed by atoms with E-state index in [1.54, 1.807) is 17.0 Å². The smallest absolute Gasteiger partial charge is 0.347 e. The van der Waals surface area contributed by atoms with Crippen LogP contribution in [0.15, 0.2) is 57.8 Å². The fourth-order valence-corrected chi connectivity index (χ4v) is 4.78. The normalized spacial score (nSPS) is 17.2. The molecule has 7 heteroatoms. The van der Waals surface area contributed by atoms with Gasteiger partial charge in [-0.15, -0.1) is 0 Å². The molecule has 2 aromatic carbocycles. The van der Waals surface area contributed by atoms with E-state index in [-0.39, 0.29) is 28.4 Å². The zero-order valence-electron chi connectivity index (χ0n) is 19.3. The van der Waals surface area contributed by atoms with Crippen molar-refractivity contribution >= 4 is 39.5 Å². The molecule has 0 radical (unpaired) electrons. The summed E-state index contributed by atoms with van der Waals surface area (Å²) in [5.41, 5.74) is 1.95. The van der Waals surface area contributed by atoms with Crippen molar-refractivity contribution in [3.8, 4) is 11.5 Å². The van der Waals surface area contributed by atoms with Gasteiger partial charge in [0, 0.05) is 22.6 Å². The number of allylic oxidation sites excluding steroid dienone is 2. The Hall–Kier alpha value is -4.13. The van der Waals surface area contributed by atoms with Gasteiger partial charge in [0.1, 0.15) is 22.6 Å².